The summed E-state index contributed by atoms with van der Waals surface area (Å²) in [5, 5.41) is 10.5. The van der Waals surface area contributed by atoms with Crippen LogP contribution >= 0.6 is 0 Å². The van der Waals surface area contributed by atoms with E-state index in [4.69, 9.17) is 4.74 Å². The number of para-hydroxylation sites is 1. The number of carboxylic acids is 1. The van der Waals surface area contributed by atoms with Gasteiger partial charge in [-0.1, -0.05) is 24.6 Å². The van der Waals surface area contributed by atoms with Gasteiger partial charge in [-0.3, -0.25) is 14.6 Å². The van der Waals surface area contributed by atoms with Gasteiger partial charge in [0.2, 0.25) is 0 Å². The minimum atomic E-state index is -0.786. The monoisotopic (exact) mass is 340 g/mol. The number of likely N-dealkylation sites (tertiary alicyclic amines) is 1. The van der Waals surface area contributed by atoms with E-state index in [9.17, 15) is 14.7 Å². The van der Waals surface area contributed by atoms with E-state index in [2.05, 4.69) is 4.98 Å². The molecular formula is C19H20N2O4. The van der Waals surface area contributed by atoms with Gasteiger partial charge in [-0.2, -0.15) is 0 Å². The van der Waals surface area contributed by atoms with Crippen molar-refractivity contribution >= 4 is 22.8 Å². The molecule has 1 aromatic carbocycles. The first-order valence-corrected chi connectivity index (χ1v) is 8.51. The second kappa shape index (κ2) is 5.72. The molecule has 1 aliphatic carbocycles. The van der Waals surface area contributed by atoms with E-state index in [-0.39, 0.29) is 18.4 Å². The molecule has 0 bridgehead atoms. The fraction of sp³-hybridized carbons (Fsp3) is 0.421. The number of hydrogen-bond donors (Lipinski definition) is 1. The number of carboxylic acid groups (broad SMARTS) is 1. The van der Waals surface area contributed by atoms with Gasteiger partial charge in [0.15, 0.2) is 5.75 Å². The van der Waals surface area contributed by atoms with Gasteiger partial charge < -0.3 is 14.7 Å². The number of aliphatic carboxylic acids is 1. The van der Waals surface area contributed by atoms with Gasteiger partial charge >= 0.3 is 5.97 Å². The van der Waals surface area contributed by atoms with Crippen LogP contribution in [-0.4, -0.2) is 47.1 Å². The van der Waals surface area contributed by atoms with Crippen LogP contribution in [0, 0.1) is 11.3 Å². The van der Waals surface area contributed by atoms with Crippen molar-refractivity contribution in [2.24, 2.45) is 11.3 Å². The third-order valence-corrected chi connectivity index (χ3v) is 5.76. The Morgan fingerprint density at radius 1 is 1.36 bits per heavy atom. The van der Waals surface area contributed by atoms with Crippen LogP contribution in [0.15, 0.2) is 30.5 Å². The number of aromatic nitrogens is 1. The molecule has 1 saturated carbocycles. The summed E-state index contributed by atoms with van der Waals surface area (Å²) in [6.07, 6.45) is 3.98. The second-order valence-electron chi connectivity index (χ2n) is 6.95. The van der Waals surface area contributed by atoms with E-state index < -0.39 is 11.4 Å². The third kappa shape index (κ3) is 2.27. The Hall–Kier alpha value is -2.63. The predicted molar refractivity (Wildman–Crippen MR) is 91.6 cm³/mol. The summed E-state index contributed by atoms with van der Waals surface area (Å²) in [5.41, 5.74) is 0.402. The summed E-state index contributed by atoms with van der Waals surface area (Å²) < 4.78 is 5.37. The molecule has 2 heterocycles. The van der Waals surface area contributed by atoms with Gasteiger partial charge in [0.1, 0.15) is 0 Å². The third-order valence-electron chi connectivity index (χ3n) is 5.76. The first-order chi connectivity index (χ1) is 12.1. The van der Waals surface area contributed by atoms with E-state index >= 15 is 0 Å². The number of amides is 1. The Balaban J connectivity index is 1.75. The number of hydrogen-bond acceptors (Lipinski definition) is 4. The molecule has 0 radical (unpaired) electrons. The standard InChI is InChI=1S/C19H20N2O4/c1-25-15-9-20-14-7-3-2-6-13(14)16(15)17(22)21-10-12-5-4-8-19(12,11-21)18(23)24/h2-3,6-7,9,12H,4-5,8,10-11H2,1H3,(H,23,24)/t12-,19+/m0/s1. The SMILES string of the molecule is COc1cnc2ccccc2c1C(=O)N1C[C@@H]2CCC[C@@]2(C(=O)O)C1. The second-order valence-corrected chi connectivity index (χ2v) is 6.95. The predicted octanol–water partition coefficient (Wildman–Crippen LogP) is 2.57. The van der Waals surface area contributed by atoms with Crippen LogP contribution in [0.5, 0.6) is 5.75 Å². The van der Waals surface area contributed by atoms with Crippen LogP contribution in [0.3, 0.4) is 0 Å². The molecule has 2 aromatic rings. The molecule has 2 fully saturated rings. The van der Waals surface area contributed by atoms with Crippen molar-refractivity contribution in [3.63, 3.8) is 0 Å². The largest absolute Gasteiger partial charge is 0.494 e. The maximum atomic E-state index is 13.3. The highest BCUT2D eigenvalue weighted by molar-refractivity contribution is 6.08. The van der Waals surface area contributed by atoms with Crippen molar-refractivity contribution in [3.8, 4) is 5.75 Å². The molecule has 1 aromatic heterocycles. The summed E-state index contributed by atoms with van der Waals surface area (Å²) >= 11 is 0. The van der Waals surface area contributed by atoms with Crippen LogP contribution < -0.4 is 4.74 Å². The van der Waals surface area contributed by atoms with Crippen molar-refractivity contribution in [1.29, 1.82) is 0 Å². The fourth-order valence-corrected chi connectivity index (χ4v) is 4.45. The van der Waals surface area contributed by atoms with Gasteiger partial charge in [0, 0.05) is 18.5 Å². The Morgan fingerprint density at radius 3 is 2.88 bits per heavy atom. The summed E-state index contributed by atoms with van der Waals surface area (Å²) in [4.78, 5) is 31.1. The molecule has 0 spiro atoms. The highest BCUT2D eigenvalue weighted by Crippen LogP contribution is 2.49. The number of rotatable bonds is 3. The molecule has 6 nitrogen and oxygen atoms in total. The zero-order chi connectivity index (χ0) is 17.6. The van der Waals surface area contributed by atoms with Gasteiger partial charge in [0.05, 0.1) is 29.8 Å². The first-order valence-electron chi connectivity index (χ1n) is 8.51. The van der Waals surface area contributed by atoms with Crippen molar-refractivity contribution in [2.75, 3.05) is 20.2 Å². The average molecular weight is 340 g/mol. The lowest BCUT2D eigenvalue weighted by molar-refractivity contribution is -0.149. The van der Waals surface area contributed by atoms with Gasteiger partial charge in [-0.05, 0) is 24.8 Å². The maximum absolute atomic E-state index is 13.3. The van der Waals surface area contributed by atoms with E-state index in [0.717, 1.165) is 23.7 Å². The number of ether oxygens (including phenoxy) is 1. The lowest BCUT2D eigenvalue weighted by atomic mass is 9.81. The van der Waals surface area contributed by atoms with Crippen molar-refractivity contribution < 1.29 is 19.4 Å². The minimum Gasteiger partial charge on any atom is -0.494 e. The highest BCUT2D eigenvalue weighted by atomic mass is 16.5. The quantitative estimate of drug-likeness (QED) is 0.929. The smallest absolute Gasteiger partial charge is 0.311 e. The van der Waals surface area contributed by atoms with Gasteiger partial charge in [0.25, 0.3) is 5.91 Å². The lowest BCUT2D eigenvalue weighted by Gasteiger charge is -2.24. The number of pyridine rings is 1. The summed E-state index contributed by atoms with van der Waals surface area (Å²) in [6, 6.07) is 7.43. The molecule has 1 amide bonds. The molecule has 25 heavy (non-hydrogen) atoms. The molecule has 1 saturated heterocycles. The molecule has 2 atom stereocenters. The number of benzene rings is 1. The molecule has 4 rings (SSSR count). The Bertz CT molecular complexity index is 866. The normalized spacial score (nSPS) is 25.2. The van der Waals surface area contributed by atoms with Crippen molar-refractivity contribution in [1.82, 2.24) is 9.88 Å². The number of fused-ring (bicyclic) bond motifs is 2. The molecular weight excluding hydrogens is 320 g/mol. The summed E-state index contributed by atoms with van der Waals surface area (Å²) in [5.74, 6) is -0.500. The van der Waals surface area contributed by atoms with Crippen LogP contribution in [0.4, 0.5) is 0 Å². The van der Waals surface area contributed by atoms with Crippen molar-refractivity contribution in [3.05, 3.63) is 36.0 Å². The minimum absolute atomic E-state index is 0.0352. The zero-order valence-electron chi connectivity index (χ0n) is 14.1. The van der Waals surface area contributed by atoms with Crippen LogP contribution in [0.1, 0.15) is 29.6 Å². The number of methoxy groups -OCH3 is 1. The molecule has 2 aliphatic rings. The molecule has 0 unspecified atom stereocenters. The Morgan fingerprint density at radius 2 is 2.16 bits per heavy atom. The van der Waals surface area contributed by atoms with E-state index in [1.807, 2.05) is 24.3 Å². The molecule has 6 heteroatoms. The van der Waals surface area contributed by atoms with Gasteiger partial charge in [-0.15, -0.1) is 0 Å². The molecule has 1 N–H and O–H groups in total. The fourth-order valence-electron chi connectivity index (χ4n) is 4.45. The van der Waals surface area contributed by atoms with Crippen LogP contribution in [0.25, 0.3) is 10.9 Å². The van der Waals surface area contributed by atoms with Crippen LogP contribution in [-0.2, 0) is 4.79 Å². The topological polar surface area (TPSA) is 79.7 Å². The average Bonchev–Trinajstić information content (AvgIpc) is 3.18. The Labute approximate surface area is 145 Å². The summed E-state index contributed by atoms with van der Waals surface area (Å²) in [6.45, 7) is 0.760. The van der Waals surface area contributed by atoms with Gasteiger partial charge in [-0.25, -0.2) is 0 Å². The Kier molecular flexibility index (Phi) is 3.63. The van der Waals surface area contributed by atoms with E-state index in [1.54, 1.807) is 11.1 Å². The zero-order valence-corrected chi connectivity index (χ0v) is 14.1. The molecule has 130 valence electrons. The van der Waals surface area contributed by atoms with E-state index in [0.29, 0.717) is 24.3 Å². The maximum Gasteiger partial charge on any atom is 0.311 e. The first kappa shape index (κ1) is 15.9. The summed E-state index contributed by atoms with van der Waals surface area (Å²) in [7, 11) is 1.51. The van der Waals surface area contributed by atoms with Crippen LogP contribution in [0.2, 0.25) is 0 Å². The van der Waals surface area contributed by atoms with Crippen molar-refractivity contribution in [2.45, 2.75) is 19.3 Å². The number of carbonyl (C=O) groups is 2. The molecule has 1 aliphatic heterocycles. The lowest BCUT2D eigenvalue weighted by Crippen LogP contribution is -2.37. The number of nitrogens with zero attached hydrogens (tertiary/aromatic N) is 2. The highest BCUT2D eigenvalue weighted by Gasteiger charge is 2.56. The number of carbonyl (C=O) groups excluding carboxylic acids is 1. The van der Waals surface area contributed by atoms with E-state index in [1.165, 1.54) is 7.11 Å².